The molecule has 0 spiro atoms. The van der Waals surface area contributed by atoms with Crippen molar-refractivity contribution >= 4 is 41.7 Å². The average molecular weight is 845 g/mol. The summed E-state index contributed by atoms with van der Waals surface area (Å²) in [4.78, 5) is 89.9. The number of hydrogen-bond acceptors (Lipinski definition) is 13. The van der Waals surface area contributed by atoms with Gasteiger partial charge in [0.2, 0.25) is 12.2 Å². The molecule has 0 bridgehead atoms. The fourth-order valence-corrected chi connectivity index (χ4v) is 5.92. The highest BCUT2D eigenvalue weighted by Crippen LogP contribution is 2.27. The van der Waals surface area contributed by atoms with Crippen LogP contribution < -0.4 is 10.1 Å². The lowest BCUT2D eigenvalue weighted by atomic mass is 9.82. The Labute approximate surface area is 353 Å². The van der Waals surface area contributed by atoms with Crippen molar-refractivity contribution in [1.29, 1.82) is 0 Å². The molecule has 16 nitrogen and oxygen atoms in total. The van der Waals surface area contributed by atoms with Crippen molar-refractivity contribution in [1.82, 2.24) is 10.2 Å². The predicted octanol–water partition coefficient (Wildman–Crippen LogP) is 5.46. The highest BCUT2D eigenvalue weighted by atomic mass is 16.7. The average Bonchev–Trinajstić information content (AvgIpc) is 3.19. The molecule has 1 rings (SSSR count). The smallest absolute Gasteiger partial charge is 0.413 e. The van der Waals surface area contributed by atoms with Crippen molar-refractivity contribution in [3.8, 4) is 17.6 Å². The number of ketones is 1. The number of aliphatic hydroxyl groups is 1. The third-order valence-corrected chi connectivity index (χ3v) is 9.25. The third kappa shape index (κ3) is 21.0. The van der Waals surface area contributed by atoms with Crippen molar-refractivity contribution in [3.05, 3.63) is 42.0 Å². The fraction of sp³-hybridized carbons (Fsp3) is 0.614. The van der Waals surface area contributed by atoms with E-state index in [4.69, 9.17) is 23.7 Å². The largest absolute Gasteiger partial charge is 0.481 e. The van der Waals surface area contributed by atoms with Gasteiger partial charge in [-0.25, -0.2) is 14.4 Å². The molecule has 0 aliphatic heterocycles. The van der Waals surface area contributed by atoms with Crippen molar-refractivity contribution in [2.75, 3.05) is 33.9 Å². The Hall–Kier alpha value is -5.43. The number of carbonyl (C=O) groups excluding carboxylic acids is 6. The molecule has 0 radical (unpaired) electrons. The molecule has 1 unspecified atom stereocenters. The standard InChI is InChI=1S/C44H64N2O14/c1-7-10-12-15-18-21-34(47)22-19-16-13-14-17-20-23-36(40(50)45-37(41(51)56-6)29-33-24-26-35(27-25-33)58-28-11-8-2)44(55,42(52)53)30-38(48)59-32(4)60-43(54)46(5)31-39(49)57-9-3/h20,23-27,32,36-37,55H,7,9-10,12-19,21-22,28-31H2,1-6H3,(H,45,50)(H,52,53)/b23-20+/t32?,36-,37+,44+/m1/s1. The number of benzene rings is 1. The maximum atomic E-state index is 13.9. The van der Waals surface area contributed by atoms with Crippen LogP contribution in [0.3, 0.4) is 0 Å². The quantitative estimate of drug-likeness (QED) is 0.0219. The van der Waals surface area contributed by atoms with Crippen LogP contribution in [-0.2, 0) is 54.1 Å². The molecule has 3 N–H and O–H groups in total. The molecule has 1 aromatic carbocycles. The van der Waals surface area contributed by atoms with Gasteiger partial charge in [-0.15, -0.1) is 5.92 Å². The number of carboxylic acid groups (broad SMARTS) is 1. The van der Waals surface area contributed by atoms with Gasteiger partial charge in [-0.2, -0.15) is 0 Å². The molecule has 0 heterocycles. The molecule has 0 fully saturated rings. The number of carboxylic acids is 1. The van der Waals surface area contributed by atoms with E-state index in [0.29, 0.717) is 37.0 Å². The van der Waals surface area contributed by atoms with Crippen LogP contribution in [0.1, 0.15) is 117 Å². The number of hydrogen-bond donors (Lipinski definition) is 3. The lowest BCUT2D eigenvalue weighted by molar-refractivity contribution is -0.183. The first-order valence-corrected chi connectivity index (χ1v) is 20.5. The minimum atomic E-state index is -3.11. The molecule has 60 heavy (non-hydrogen) atoms. The molecule has 1 aromatic rings. The van der Waals surface area contributed by atoms with Crippen LogP contribution in [0.2, 0.25) is 0 Å². The first kappa shape index (κ1) is 52.6. The topological polar surface area (TPSA) is 221 Å². The number of amides is 2. The summed E-state index contributed by atoms with van der Waals surface area (Å²) in [7, 11) is 2.35. The number of nitrogens with zero attached hydrogens (tertiary/aromatic N) is 1. The number of aliphatic carboxylic acids is 1. The summed E-state index contributed by atoms with van der Waals surface area (Å²) in [5.41, 5.74) is -2.53. The zero-order valence-electron chi connectivity index (χ0n) is 36.0. The van der Waals surface area contributed by atoms with E-state index in [0.717, 1.165) is 70.0 Å². The molecule has 2 amide bonds. The summed E-state index contributed by atoms with van der Waals surface area (Å²) in [5, 5.41) is 24.4. The Bertz CT molecular complexity index is 1620. The van der Waals surface area contributed by atoms with Crippen LogP contribution in [0, 0.1) is 17.8 Å². The highest BCUT2D eigenvalue weighted by molar-refractivity contribution is 5.95. The van der Waals surface area contributed by atoms with Crippen LogP contribution >= 0.6 is 0 Å². The van der Waals surface area contributed by atoms with E-state index in [9.17, 15) is 43.8 Å². The Kier molecular flexibility index (Phi) is 26.1. The third-order valence-electron chi connectivity index (χ3n) is 9.25. The summed E-state index contributed by atoms with van der Waals surface area (Å²) in [6.45, 7) is 6.36. The molecular formula is C44H64N2O14. The van der Waals surface area contributed by atoms with Gasteiger partial charge < -0.3 is 44.1 Å². The first-order valence-electron chi connectivity index (χ1n) is 20.5. The maximum absolute atomic E-state index is 13.9. The second kappa shape index (κ2) is 29.7. The number of methoxy groups -OCH3 is 1. The Balaban J connectivity index is 3.17. The van der Waals surface area contributed by atoms with E-state index in [1.165, 1.54) is 19.5 Å². The van der Waals surface area contributed by atoms with Crippen molar-refractivity contribution in [2.45, 2.75) is 136 Å². The van der Waals surface area contributed by atoms with Gasteiger partial charge in [0.15, 0.2) is 5.60 Å². The Morgan fingerprint density at radius 1 is 0.900 bits per heavy atom. The lowest BCUT2D eigenvalue weighted by Crippen LogP contribution is -2.55. The van der Waals surface area contributed by atoms with E-state index in [1.807, 2.05) is 0 Å². The van der Waals surface area contributed by atoms with Gasteiger partial charge >= 0.3 is 30.0 Å². The van der Waals surface area contributed by atoms with Crippen molar-refractivity contribution in [3.63, 3.8) is 0 Å². The zero-order valence-corrected chi connectivity index (χ0v) is 36.0. The molecule has 0 aliphatic rings. The molecule has 334 valence electrons. The number of ether oxygens (including phenoxy) is 5. The van der Waals surface area contributed by atoms with Gasteiger partial charge in [-0.3, -0.25) is 19.2 Å². The number of Topliss-reactive ketones (excluding diaryl/α,β-unsaturated/α-hetero) is 1. The molecule has 0 aliphatic carbocycles. The van der Waals surface area contributed by atoms with Crippen LogP contribution in [0.4, 0.5) is 4.79 Å². The van der Waals surface area contributed by atoms with Crippen LogP contribution in [0.15, 0.2) is 36.4 Å². The lowest BCUT2D eigenvalue weighted by Gasteiger charge is -2.30. The van der Waals surface area contributed by atoms with Crippen molar-refractivity contribution in [2.24, 2.45) is 5.92 Å². The Morgan fingerprint density at radius 2 is 1.53 bits per heavy atom. The number of allylic oxidation sites excluding steroid dienone is 1. The van der Waals surface area contributed by atoms with E-state index in [-0.39, 0.29) is 25.4 Å². The number of likely N-dealkylation sites (N-methyl/N-ethyl adjacent to an activating group) is 1. The number of unbranched alkanes of at least 4 members (excludes halogenated alkanes) is 8. The van der Waals surface area contributed by atoms with Crippen molar-refractivity contribution < 1.29 is 67.5 Å². The van der Waals surface area contributed by atoms with E-state index in [2.05, 4.69) is 24.1 Å². The second-order valence-electron chi connectivity index (χ2n) is 14.2. The van der Waals surface area contributed by atoms with Gasteiger partial charge in [-0.05, 0) is 57.2 Å². The SMILES string of the molecule is CC#CCOc1ccc(C[C@H](NC(=O)[C@@H](/C=C/CCCCCCC(=O)CCCCCCC)[C@@](O)(CC(=O)OC(C)OC(=O)N(C)CC(=O)OCC)C(=O)O)C(=O)OC)cc1. The second-order valence-corrected chi connectivity index (χ2v) is 14.2. The minimum absolute atomic E-state index is 0.0852. The number of esters is 3. The number of rotatable bonds is 30. The molecule has 0 aromatic heterocycles. The summed E-state index contributed by atoms with van der Waals surface area (Å²) in [5.74, 6) is -1.65. The van der Waals surface area contributed by atoms with Crippen LogP contribution in [0.5, 0.6) is 5.75 Å². The highest BCUT2D eigenvalue weighted by Gasteiger charge is 2.50. The monoisotopic (exact) mass is 844 g/mol. The van der Waals surface area contributed by atoms with Crippen LogP contribution in [0.25, 0.3) is 0 Å². The molecule has 4 atom stereocenters. The summed E-state index contributed by atoms with van der Waals surface area (Å²) >= 11 is 0. The van der Waals surface area contributed by atoms with Gasteiger partial charge in [0.05, 0.1) is 26.1 Å². The van der Waals surface area contributed by atoms with Gasteiger partial charge in [0.1, 0.15) is 30.7 Å². The summed E-state index contributed by atoms with van der Waals surface area (Å²) in [6.07, 6.45) is 8.36. The van der Waals surface area contributed by atoms with E-state index in [1.54, 1.807) is 38.1 Å². The molecule has 0 saturated heterocycles. The maximum Gasteiger partial charge on any atom is 0.413 e. The summed E-state index contributed by atoms with van der Waals surface area (Å²) < 4.78 is 25.3. The number of carbonyl (C=O) groups is 7. The van der Waals surface area contributed by atoms with E-state index >= 15 is 0 Å². The molecular weight excluding hydrogens is 780 g/mol. The Morgan fingerprint density at radius 3 is 2.12 bits per heavy atom. The predicted molar refractivity (Wildman–Crippen MR) is 220 cm³/mol. The first-order chi connectivity index (χ1) is 28.6. The fourth-order valence-electron chi connectivity index (χ4n) is 5.92. The van der Waals surface area contributed by atoms with Crippen LogP contribution in [-0.4, -0.2) is 109 Å². The normalized spacial score (nSPS) is 13.3. The molecule has 16 heteroatoms. The van der Waals surface area contributed by atoms with E-state index < -0.39 is 72.7 Å². The molecule has 0 saturated carbocycles. The minimum Gasteiger partial charge on any atom is -0.481 e. The number of nitrogens with one attached hydrogen (secondary N) is 1. The zero-order chi connectivity index (χ0) is 44.9. The van der Waals surface area contributed by atoms with Gasteiger partial charge in [-0.1, -0.05) is 75.7 Å². The van der Waals surface area contributed by atoms with Gasteiger partial charge in [0, 0.05) is 33.2 Å². The summed E-state index contributed by atoms with van der Waals surface area (Å²) in [6, 6.07) is 5.27. The van der Waals surface area contributed by atoms with Gasteiger partial charge in [0.25, 0.3) is 0 Å².